The van der Waals surface area contributed by atoms with E-state index in [4.69, 9.17) is 17.0 Å². The summed E-state index contributed by atoms with van der Waals surface area (Å²) < 4.78 is 7.64. The number of aromatic amines is 1. The van der Waals surface area contributed by atoms with Crippen molar-refractivity contribution in [2.24, 2.45) is 0 Å². The Hall–Kier alpha value is -1.63. The van der Waals surface area contributed by atoms with Gasteiger partial charge in [-0.15, -0.1) is 11.8 Å². The molecule has 6 heteroatoms. The lowest BCUT2D eigenvalue weighted by molar-refractivity contribution is 0.439. The molecule has 0 saturated carbocycles. The van der Waals surface area contributed by atoms with Crippen molar-refractivity contribution in [1.29, 1.82) is 0 Å². The van der Waals surface area contributed by atoms with Gasteiger partial charge in [-0.2, -0.15) is 0 Å². The van der Waals surface area contributed by atoms with E-state index in [0.29, 0.717) is 10.5 Å². The molecule has 1 aliphatic heterocycles. The number of H-pyrrole nitrogens is 1. The molecule has 2 aromatic carbocycles. The van der Waals surface area contributed by atoms with Crippen molar-refractivity contribution >= 4 is 39.9 Å². The smallest absolute Gasteiger partial charge is 0.205 e. The molecule has 1 aliphatic rings. The van der Waals surface area contributed by atoms with E-state index in [1.165, 1.54) is 4.90 Å². The van der Waals surface area contributed by atoms with Gasteiger partial charge in [-0.1, -0.05) is 40.3 Å². The second kappa shape index (κ2) is 6.35. The molecule has 4 rings (SSSR count). The lowest BCUT2D eigenvalue weighted by Gasteiger charge is -2.20. The summed E-state index contributed by atoms with van der Waals surface area (Å²) in [6.07, 6.45) is 2.78. The fourth-order valence-electron chi connectivity index (χ4n) is 2.69. The average Bonchev–Trinajstić information content (AvgIpc) is 2.60. The highest BCUT2D eigenvalue weighted by atomic mass is 79.9. The summed E-state index contributed by atoms with van der Waals surface area (Å²) in [6, 6.07) is 14.2. The number of nitrogens with zero attached hydrogens (tertiary/aromatic N) is 1. The third-order valence-electron chi connectivity index (χ3n) is 3.94. The van der Waals surface area contributed by atoms with E-state index >= 15 is 0 Å². The van der Waals surface area contributed by atoms with Crippen LogP contribution in [0.2, 0.25) is 0 Å². The minimum absolute atomic E-state index is 0.582. The molecule has 3 nitrogen and oxygen atoms in total. The summed E-state index contributed by atoms with van der Waals surface area (Å²) in [6.45, 7) is 0. The highest BCUT2D eigenvalue weighted by molar-refractivity contribution is 9.10. The van der Waals surface area contributed by atoms with Crippen LogP contribution in [0.15, 0.2) is 51.8 Å². The molecule has 0 spiro atoms. The molecule has 0 radical (unpaired) electrons. The Bertz CT molecular complexity index is 983. The van der Waals surface area contributed by atoms with E-state index < -0.39 is 0 Å². The predicted octanol–water partition coefficient (Wildman–Crippen LogP) is 5.99. The number of nitrogens with one attached hydrogen (secondary N) is 1. The molecule has 3 aromatic rings. The summed E-state index contributed by atoms with van der Waals surface area (Å²) in [4.78, 5) is 9.08. The molecule has 1 N–H and O–H groups in total. The average molecular weight is 417 g/mol. The van der Waals surface area contributed by atoms with Crippen LogP contribution in [-0.2, 0) is 6.42 Å². The predicted molar refractivity (Wildman–Crippen MR) is 104 cm³/mol. The molecule has 24 heavy (non-hydrogen) atoms. The van der Waals surface area contributed by atoms with Gasteiger partial charge in [0.05, 0.1) is 5.56 Å². The highest BCUT2D eigenvalue weighted by Gasteiger charge is 2.20. The van der Waals surface area contributed by atoms with E-state index in [0.717, 1.165) is 39.2 Å². The van der Waals surface area contributed by atoms with Gasteiger partial charge >= 0.3 is 0 Å². The normalized spacial score (nSPS) is 12.2. The minimum atomic E-state index is 0.582. The van der Waals surface area contributed by atoms with Crippen LogP contribution in [0.5, 0.6) is 11.6 Å². The second-order valence-electron chi connectivity index (χ2n) is 5.46. The van der Waals surface area contributed by atoms with Crippen molar-refractivity contribution < 1.29 is 4.74 Å². The summed E-state index contributed by atoms with van der Waals surface area (Å²) >= 11 is 10.7. The van der Waals surface area contributed by atoms with Gasteiger partial charge in [0.2, 0.25) is 5.88 Å². The zero-order valence-corrected chi connectivity index (χ0v) is 16.0. The summed E-state index contributed by atoms with van der Waals surface area (Å²) in [5.41, 5.74) is 3.03. The number of fused-ring (bicyclic) bond motifs is 2. The van der Waals surface area contributed by atoms with Crippen molar-refractivity contribution in [3.05, 3.63) is 62.7 Å². The fraction of sp³-hybridized carbons (Fsp3) is 0.111. The zero-order chi connectivity index (χ0) is 16.7. The number of hydrogen-bond donors (Lipinski definition) is 1. The van der Waals surface area contributed by atoms with Crippen LogP contribution in [0, 0.1) is 4.64 Å². The SMILES string of the molecule is CSc1ccc(-c2nc(=S)c3c([nH]2)Oc2ccc(Br)cc2C3)cc1. The standard InChI is InChI=1S/C18H13BrN2OS2/c1-24-13-5-2-10(3-6-13)16-20-17-14(18(23)21-16)9-11-8-12(19)4-7-15(11)22-17/h2-8H,9H2,1H3,(H,20,21,23). The number of ether oxygens (including phenoxy) is 1. The van der Waals surface area contributed by atoms with Crippen LogP contribution in [0.3, 0.4) is 0 Å². The van der Waals surface area contributed by atoms with Gasteiger partial charge in [-0.3, -0.25) is 0 Å². The van der Waals surface area contributed by atoms with E-state index in [-0.39, 0.29) is 0 Å². The van der Waals surface area contributed by atoms with Crippen molar-refractivity contribution in [3.63, 3.8) is 0 Å². The third kappa shape index (κ3) is 2.90. The quantitative estimate of drug-likeness (QED) is 0.321. The number of benzene rings is 2. The monoisotopic (exact) mass is 416 g/mol. The number of rotatable bonds is 2. The Kier molecular flexibility index (Phi) is 4.20. The van der Waals surface area contributed by atoms with Crippen molar-refractivity contribution in [1.82, 2.24) is 9.97 Å². The molecular formula is C18H13BrN2OS2. The van der Waals surface area contributed by atoms with E-state index in [1.807, 2.05) is 24.3 Å². The third-order valence-corrected chi connectivity index (χ3v) is 5.52. The lowest BCUT2D eigenvalue weighted by Crippen LogP contribution is -2.07. The maximum Gasteiger partial charge on any atom is 0.205 e. The maximum atomic E-state index is 6.03. The number of hydrogen-bond acceptors (Lipinski definition) is 4. The van der Waals surface area contributed by atoms with Crippen LogP contribution in [0.1, 0.15) is 11.1 Å². The number of thioether (sulfide) groups is 1. The zero-order valence-electron chi connectivity index (χ0n) is 12.8. The number of aromatic nitrogens is 2. The molecular weight excluding hydrogens is 404 g/mol. The van der Waals surface area contributed by atoms with Crippen LogP contribution < -0.4 is 4.74 Å². The number of halogens is 1. The maximum absolute atomic E-state index is 6.03. The molecule has 0 unspecified atom stereocenters. The van der Waals surface area contributed by atoms with Gasteiger partial charge in [0, 0.05) is 26.9 Å². The first-order chi connectivity index (χ1) is 11.6. The first-order valence-electron chi connectivity index (χ1n) is 7.38. The summed E-state index contributed by atoms with van der Waals surface area (Å²) in [7, 11) is 0. The molecule has 0 bridgehead atoms. The van der Waals surface area contributed by atoms with Crippen LogP contribution >= 0.6 is 39.9 Å². The first-order valence-corrected chi connectivity index (χ1v) is 9.80. The Morgan fingerprint density at radius 1 is 1.21 bits per heavy atom. The van der Waals surface area contributed by atoms with Gasteiger partial charge < -0.3 is 9.72 Å². The van der Waals surface area contributed by atoms with Gasteiger partial charge in [-0.25, -0.2) is 4.98 Å². The van der Waals surface area contributed by atoms with Gasteiger partial charge in [0.15, 0.2) is 0 Å². The van der Waals surface area contributed by atoms with Crippen molar-refractivity contribution in [2.45, 2.75) is 11.3 Å². The highest BCUT2D eigenvalue weighted by Crippen LogP contribution is 2.37. The van der Waals surface area contributed by atoms with Crippen LogP contribution in [-0.4, -0.2) is 16.2 Å². The Balaban J connectivity index is 1.77. The first kappa shape index (κ1) is 15.9. The molecule has 120 valence electrons. The second-order valence-corrected chi connectivity index (χ2v) is 7.64. The van der Waals surface area contributed by atoms with E-state index in [2.05, 4.69) is 50.4 Å². The molecule has 0 amide bonds. The van der Waals surface area contributed by atoms with Crippen molar-refractivity contribution in [2.75, 3.05) is 6.26 Å². The largest absolute Gasteiger partial charge is 0.440 e. The van der Waals surface area contributed by atoms with Crippen LogP contribution in [0.25, 0.3) is 11.4 Å². The molecule has 1 aromatic heterocycles. The van der Waals surface area contributed by atoms with Gasteiger partial charge in [-0.05, 0) is 36.6 Å². The fourth-order valence-corrected chi connectivity index (χ4v) is 3.76. The van der Waals surface area contributed by atoms with Crippen molar-refractivity contribution in [3.8, 4) is 23.0 Å². The Morgan fingerprint density at radius 2 is 2.00 bits per heavy atom. The molecule has 0 aliphatic carbocycles. The lowest BCUT2D eigenvalue weighted by atomic mass is 10.0. The summed E-state index contributed by atoms with van der Waals surface area (Å²) in [5.74, 6) is 2.27. The molecule has 2 heterocycles. The molecule has 0 saturated heterocycles. The molecule has 0 atom stereocenters. The Labute approximate surface area is 157 Å². The summed E-state index contributed by atoms with van der Waals surface area (Å²) in [5, 5.41) is 0. The van der Waals surface area contributed by atoms with E-state index in [1.54, 1.807) is 11.8 Å². The Morgan fingerprint density at radius 3 is 2.75 bits per heavy atom. The van der Waals surface area contributed by atoms with Gasteiger partial charge in [0.1, 0.15) is 16.2 Å². The van der Waals surface area contributed by atoms with Gasteiger partial charge in [0.25, 0.3) is 0 Å². The van der Waals surface area contributed by atoms with Crippen LogP contribution in [0.4, 0.5) is 0 Å². The molecule has 0 fully saturated rings. The minimum Gasteiger partial charge on any atom is -0.440 e. The van der Waals surface area contributed by atoms with E-state index in [9.17, 15) is 0 Å². The topological polar surface area (TPSA) is 37.9 Å².